The summed E-state index contributed by atoms with van der Waals surface area (Å²) in [6.07, 6.45) is -1.98. The Bertz CT molecular complexity index is 538. The molecule has 0 saturated carbocycles. The molecule has 1 amide bonds. The number of carbonyl (C=O) groups is 1. The molecule has 21 heavy (non-hydrogen) atoms. The first kappa shape index (κ1) is 17.6. The molecule has 1 N–H and O–H groups in total. The van der Waals surface area contributed by atoms with Crippen molar-refractivity contribution in [2.75, 3.05) is 0 Å². The van der Waals surface area contributed by atoms with Crippen molar-refractivity contribution in [1.29, 1.82) is 0 Å². The van der Waals surface area contributed by atoms with Crippen LogP contribution in [-0.2, 0) is 11.0 Å². The molecule has 0 spiro atoms. The van der Waals surface area contributed by atoms with Crippen molar-refractivity contribution in [3.8, 4) is 0 Å². The van der Waals surface area contributed by atoms with Gasteiger partial charge in [-0.1, -0.05) is 31.5 Å². The Labute approximate surface area is 127 Å². The highest BCUT2D eigenvalue weighted by atomic mass is 35.5. The predicted octanol–water partition coefficient (Wildman–Crippen LogP) is 4.53. The Morgan fingerprint density at radius 3 is 2.43 bits per heavy atom. The van der Waals surface area contributed by atoms with Crippen molar-refractivity contribution in [1.82, 2.24) is 5.32 Å². The number of carbonyl (C=O) groups excluding carboxylic acids is 1. The van der Waals surface area contributed by atoms with Crippen molar-refractivity contribution < 1.29 is 18.0 Å². The monoisotopic (exact) mass is 319 g/mol. The molecule has 6 heteroatoms. The van der Waals surface area contributed by atoms with Crippen LogP contribution in [0.15, 0.2) is 24.3 Å². The second-order valence-corrected chi connectivity index (χ2v) is 5.52. The number of alkyl halides is 3. The molecule has 0 aliphatic carbocycles. The normalized spacial score (nSPS) is 13.7. The summed E-state index contributed by atoms with van der Waals surface area (Å²) in [5.74, 6) is -0.0746. The van der Waals surface area contributed by atoms with Gasteiger partial charge < -0.3 is 5.32 Å². The number of benzene rings is 1. The molecule has 0 radical (unpaired) electrons. The zero-order chi connectivity index (χ0) is 16.2. The zero-order valence-corrected chi connectivity index (χ0v) is 12.7. The molecule has 1 aromatic rings. The fraction of sp³-hybridized carbons (Fsp3) is 0.400. The largest absolute Gasteiger partial charge is 0.417 e. The summed E-state index contributed by atoms with van der Waals surface area (Å²) in [4.78, 5) is 11.6. The minimum atomic E-state index is -4.52. The minimum absolute atomic E-state index is 0.0156. The van der Waals surface area contributed by atoms with Gasteiger partial charge in [-0.3, -0.25) is 4.79 Å². The first-order chi connectivity index (χ1) is 9.61. The average Bonchev–Trinajstić information content (AvgIpc) is 2.36. The van der Waals surface area contributed by atoms with E-state index in [2.05, 4.69) is 5.32 Å². The highest BCUT2D eigenvalue weighted by Gasteiger charge is 2.33. The van der Waals surface area contributed by atoms with Gasteiger partial charge in [-0.05, 0) is 36.6 Å². The van der Waals surface area contributed by atoms with Gasteiger partial charge in [-0.15, -0.1) is 0 Å². The maximum absolute atomic E-state index is 12.7. The average molecular weight is 320 g/mol. The molecule has 1 aromatic carbocycles. The van der Waals surface area contributed by atoms with Gasteiger partial charge in [0.2, 0.25) is 5.91 Å². The van der Waals surface area contributed by atoms with Crippen LogP contribution in [0.25, 0.3) is 6.08 Å². The lowest BCUT2D eigenvalue weighted by Gasteiger charge is -2.15. The molecular weight excluding hydrogens is 303 g/mol. The maximum Gasteiger partial charge on any atom is 0.417 e. The summed E-state index contributed by atoms with van der Waals surface area (Å²) in [5.41, 5.74) is -0.652. The molecule has 1 unspecified atom stereocenters. The lowest BCUT2D eigenvalue weighted by atomic mass is 10.1. The van der Waals surface area contributed by atoms with E-state index in [4.69, 9.17) is 11.6 Å². The van der Waals surface area contributed by atoms with Crippen LogP contribution in [-0.4, -0.2) is 11.9 Å². The molecule has 1 atom stereocenters. The van der Waals surface area contributed by atoms with Crippen molar-refractivity contribution in [3.63, 3.8) is 0 Å². The second-order valence-electron chi connectivity index (χ2n) is 5.11. The highest BCUT2D eigenvalue weighted by Crippen LogP contribution is 2.35. The number of hydrogen-bond donors (Lipinski definition) is 1. The Kier molecular flexibility index (Phi) is 5.84. The van der Waals surface area contributed by atoms with E-state index in [-0.39, 0.29) is 28.5 Å². The molecule has 0 fully saturated rings. The molecule has 0 aliphatic heterocycles. The standard InChI is InChI=1S/C15H17ClF3NO/c1-9(2)10(3)20-14(21)7-5-11-4-6-13(16)12(8-11)15(17,18)19/h4-10H,1-3H3,(H,20,21)/b7-5+. The summed E-state index contributed by atoms with van der Waals surface area (Å²) in [7, 11) is 0. The van der Waals surface area contributed by atoms with Crippen LogP contribution in [0.3, 0.4) is 0 Å². The Morgan fingerprint density at radius 1 is 1.29 bits per heavy atom. The van der Waals surface area contributed by atoms with Crippen molar-refractivity contribution in [2.45, 2.75) is 33.0 Å². The Balaban J connectivity index is 2.84. The highest BCUT2D eigenvalue weighted by molar-refractivity contribution is 6.31. The van der Waals surface area contributed by atoms with Crippen LogP contribution >= 0.6 is 11.6 Å². The number of nitrogens with one attached hydrogen (secondary N) is 1. The fourth-order valence-corrected chi connectivity index (χ4v) is 1.70. The van der Waals surface area contributed by atoms with E-state index in [9.17, 15) is 18.0 Å². The van der Waals surface area contributed by atoms with Gasteiger partial charge in [-0.25, -0.2) is 0 Å². The summed E-state index contributed by atoms with van der Waals surface area (Å²) < 4.78 is 38.1. The van der Waals surface area contributed by atoms with E-state index in [1.807, 2.05) is 20.8 Å². The third-order valence-corrected chi connectivity index (χ3v) is 3.42. The number of amides is 1. The molecule has 1 rings (SSSR count). The molecular formula is C15H17ClF3NO. The van der Waals surface area contributed by atoms with Gasteiger partial charge in [0.05, 0.1) is 10.6 Å². The molecule has 0 aromatic heterocycles. The first-order valence-corrected chi connectivity index (χ1v) is 6.84. The van der Waals surface area contributed by atoms with Crippen molar-refractivity contribution >= 4 is 23.6 Å². The van der Waals surface area contributed by atoms with E-state index in [0.29, 0.717) is 0 Å². The van der Waals surface area contributed by atoms with E-state index >= 15 is 0 Å². The van der Waals surface area contributed by atoms with E-state index < -0.39 is 11.7 Å². The van der Waals surface area contributed by atoms with Crippen LogP contribution in [0.1, 0.15) is 31.9 Å². The summed E-state index contributed by atoms with van der Waals surface area (Å²) in [6.45, 7) is 5.79. The van der Waals surface area contributed by atoms with Crippen LogP contribution in [0.2, 0.25) is 5.02 Å². The van der Waals surface area contributed by atoms with E-state index in [0.717, 1.165) is 6.07 Å². The Morgan fingerprint density at radius 2 is 1.90 bits per heavy atom. The summed E-state index contributed by atoms with van der Waals surface area (Å²) in [6, 6.07) is 3.49. The van der Waals surface area contributed by atoms with Crippen LogP contribution in [0.5, 0.6) is 0 Å². The molecule has 116 valence electrons. The second kappa shape index (κ2) is 6.98. The van der Waals surface area contributed by atoms with Crippen LogP contribution < -0.4 is 5.32 Å². The molecule has 2 nitrogen and oxygen atoms in total. The smallest absolute Gasteiger partial charge is 0.350 e. The number of halogens is 4. The van der Waals surface area contributed by atoms with Gasteiger partial charge >= 0.3 is 6.18 Å². The minimum Gasteiger partial charge on any atom is -0.350 e. The first-order valence-electron chi connectivity index (χ1n) is 6.46. The van der Waals surface area contributed by atoms with Crippen molar-refractivity contribution in [3.05, 3.63) is 40.4 Å². The lowest BCUT2D eigenvalue weighted by Crippen LogP contribution is -2.34. The van der Waals surface area contributed by atoms with Crippen LogP contribution in [0, 0.1) is 5.92 Å². The fourth-order valence-electron chi connectivity index (χ4n) is 1.47. The zero-order valence-electron chi connectivity index (χ0n) is 12.0. The van der Waals surface area contributed by atoms with Gasteiger partial charge in [0.15, 0.2) is 0 Å². The lowest BCUT2D eigenvalue weighted by molar-refractivity contribution is -0.137. The molecule has 0 aliphatic rings. The third-order valence-electron chi connectivity index (χ3n) is 3.09. The Hall–Kier alpha value is -1.49. The van der Waals surface area contributed by atoms with E-state index in [1.54, 1.807) is 0 Å². The quantitative estimate of drug-likeness (QED) is 0.811. The van der Waals surface area contributed by atoms with Crippen molar-refractivity contribution in [2.24, 2.45) is 5.92 Å². The number of rotatable bonds is 4. The topological polar surface area (TPSA) is 29.1 Å². The van der Waals surface area contributed by atoms with E-state index in [1.165, 1.54) is 24.3 Å². The maximum atomic E-state index is 12.7. The molecule has 0 bridgehead atoms. The number of hydrogen-bond acceptors (Lipinski definition) is 1. The SMILES string of the molecule is CC(C)C(C)NC(=O)/C=C/c1ccc(Cl)c(C(F)(F)F)c1. The molecule has 0 heterocycles. The van der Waals surface area contributed by atoms with Gasteiger partial charge in [0.25, 0.3) is 0 Å². The van der Waals surface area contributed by atoms with Crippen LogP contribution in [0.4, 0.5) is 13.2 Å². The third kappa shape index (κ3) is 5.42. The van der Waals surface area contributed by atoms with Gasteiger partial charge in [-0.2, -0.15) is 13.2 Å². The van der Waals surface area contributed by atoms with Gasteiger partial charge in [0, 0.05) is 12.1 Å². The van der Waals surface area contributed by atoms with Gasteiger partial charge in [0.1, 0.15) is 0 Å². The molecule has 0 saturated heterocycles. The predicted molar refractivity (Wildman–Crippen MR) is 77.9 cm³/mol. The summed E-state index contributed by atoms with van der Waals surface area (Å²) in [5, 5.41) is 2.37. The summed E-state index contributed by atoms with van der Waals surface area (Å²) >= 11 is 5.52.